The molecule has 0 unspecified atom stereocenters. The molecule has 28 heavy (non-hydrogen) atoms. The van der Waals surface area contributed by atoms with E-state index in [9.17, 15) is 9.59 Å². The fourth-order valence-corrected chi connectivity index (χ4v) is 3.34. The highest BCUT2D eigenvalue weighted by Gasteiger charge is 2.18. The molecule has 0 fully saturated rings. The van der Waals surface area contributed by atoms with Crippen LogP contribution in [-0.4, -0.2) is 17.5 Å². The van der Waals surface area contributed by atoms with Crippen molar-refractivity contribution in [3.63, 3.8) is 0 Å². The number of amides is 2. The lowest BCUT2D eigenvalue weighted by Gasteiger charge is -2.23. The third-order valence-electron chi connectivity index (χ3n) is 4.07. The van der Waals surface area contributed by atoms with Gasteiger partial charge >= 0.3 is 0 Å². The van der Waals surface area contributed by atoms with Gasteiger partial charge in [0.05, 0.1) is 5.71 Å². The highest BCUT2D eigenvalue weighted by Crippen LogP contribution is 2.26. The maximum atomic E-state index is 12.9. The summed E-state index contributed by atoms with van der Waals surface area (Å²) in [6.07, 6.45) is 0.152. The molecule has 0 saturated heterocycles. The Morgan fingerprint density at radius 3 is 2.04 bits per heavy atom. The van der Waals surface area contributed by atoms with E-state index in [-0.39, 0.29) is 24.7 Å². The van der Waals surface area contributed by atoms with Gasteiger partial charge in [-0.1, -0.05) is 42.5 Å². The maximum absolute atomic E-state index is 12.9. The number of rotatable bonds is 7. The van der Waals surface area contributed by atoms with Crippen LogP contribution in [0.1, 0.15) is 24.6 Å². The third kappa shape index (κ3) is 5.14. The highest BCUT2D eigenvalue weighted by atomic mass is 32.1. The van der Waals surface area contributed by atoms with Gasteiger partial charge in [-0.2, -0.15) is 5.10 Å². The van der Waals surface area contributed by atoms with Crippen LogP contribution >= 0.6 is 11.3 Å². The molecular weight excluding hydrogens is 370 g/mol. The van der Waals surface area contributed by atoms with Crippen LogP contribution in [0.5, 0.6) is 0 Å². The second kappa shape index (κ2) is 9.62. The summed E-state index contributed by atoms with van der Waals surface area (Å²) >= 11 is 1.56. The average molecular weight is 391 g/mol. The summed E-state index contributed by atoms with van der Waals surface area (Å²) in [4.78, 5) is 27.6. The second-order valence-electron chi connectivity index (χ2n) is 6.11. The second-order valence-corrected chi connectivity index (χ2v) is 7.06. The molecule has 3 aromatic rings. The Morgan fingerprint density at radius 2 is 1.50 bits per heavy atom. The number of para-hydroxylation sites is 2. The summed E-state index contributed by atoms with van der Waals surface area (Å²) in [6, 6.07) is 22.7. The Morgan fingerprint density at radius 1 is 0.893 bits per heavy atom. The quantitative estimate of drug-likeness (QED) is 0.467. The van der Waals surface area contributed by atoms with Gasteiger partial charge < -0.3 is 0 Å². The number of nitrogens with zero attached hydrogens (tertiary/aromatic N) is 2. The minimum absolute atomic E-state index is 0.0657. The van der Waals surface area contributed by atoms with Crippen LogP contribution < -0.4 is 10.3 Å². The summed E-state index contributed by atoms with van der Waals surface area (Å²) in [7, 11) is 0. The van der Waals surface area contributed by atoms with Crippen LogP contribution in [0.3, 0.4) is 0 Å². The molecule has 2 aromatic carbocycles. The van der Waals surface area contributed by atoms with Crippen LogP contribution in [0.4, 0.5) is 11.4 Å². The summed E-state index contributed by atoms with van der Waals surface area (Å²) < 4.78 is 0. The molecule has 1 aromatic heterocycles. The predicted molar refractivity (Wildman–Crippen MR) is 114 cm³/mol. The van der Waals surface area contributed by atoms with Crippen molar-refractivity contribution in [3.05, 3.63) is 83.1 Å². The monoisotopic (exact) mass is 391 g/mol. The lowest BCUT2D eigenvalue weighted by Crippen LogP contribution is -2.28. The van der Waals surface area contributed by atoms with E-state index in [4.69, 9.17) is 0 Å². The number of carbonyl (C=O) groups excluding carboxylic acids is 2. The van der Waals surface area contributed by atoms with E-state index in [1.54, 1.807) is 16.2 Å². The molecule has 0 aliphatic heterocycles. The van der Waals surface area contributed by atoms with Gasteiger partial charge in [0.15, 0.2) is 0 Å². The lowest BCUT2D eigenvalue weighted by molar-refractivity contribution is -0.124. The van der Waals surface area contributed by atoms with Gasteiger partial charge in [-0.05, 0) is 42.6 Å². The van der Waals surface area contributed by atoms with Crippen LogP contribution in [-0.2, 0) is 9.59 Å². The summed E-state index contributed by atoms with van der Waals surface area (Å²) in [5, 5.41) is 6.06. The van der Waals surface area contributed by atoms with Crippen molar-refractivity contribution in [1.82, 2.24) is 5.43 Å². The van der Waals surface area contributed by atoms with Crippen molar-refractivity contribution in [2.75, 3.05) is 4.90 Å². The van der Waals surface area contributed by atoms with Gasteiger partial charge in [0.25, 0.3) is 0 Å². The van der Waals surface area contributed by atoms with E-state index in [1.807, 2.05) is 85.1 Å². The molecule has 1 heterocycles. The summed E-state index contributed by atoms with van der Waals surface area (Å²) in [5.74, 6) is -0.433. The topological polar surface area (TPSA) is 61.8 Å². The van der Waals surface area contributed by atoms with Crippen molar-refractivity contribution in [2.45, 2.75) is 19.8 Å². The predicted octanol–water partition coefficient (Wildman–Crippen LogP) is 4.73. The molecule has 0 radical (unpaired) electrons. The van der Waals surface area contributed by atoms with E-state index >= 15 is 0 Å². The number of hydrogen-bond acceptors (Lipinski definition) is 4. The van der Waals surface area contributed by atoms with E-state index in [2.05, 4.69) is 10.5 Å². The molecule has 0 saturated carbocycles. The molecule has 0 bridgehead atoms. The highest BCUT2D eigenvalue weighted by molar-refractivity contribution is 7.12. The maximum Gasteiger partial charge on any atom is 0.240 e. The number of benzene rings is 2. The normalized spacial score (nSPS) is 11.1. The zero-order valence-electron chi connectivity index (χ0n) is 15.5. The number of hydrogen-bond donors (Lipinski definition) is 1. The third-order valence-corrected chi connectivity index (χ3v) is 5.05. The van der Waals surface area contributed by atoms with Gasteiger partial charge in [0, 0.05) is 29.1 Å². The SMILES string of the molecule is C/C(=N/NC(=O)CCC(=O)N(c1ccccc1)c1ccccc1)c1cccs1. The van der Waals surface area contributed by atoms with Crippen molar-refractivity contribution >= 4 is 40.2 Å². The molecule has 0 atom stereocenters. The van der Waals surface area contributed by atoms with Crippen LogP contribution in [0.2, 0.25) is 0 Å². The van der Waals surface area contributed by atoms with Crippen molar-refractivity contribution in [2.24, 2.45) is 5.10 Å². The summed E-state index contributed by atoms with van der Waals surface area (Å²) in [5.41, 5.74) is 4.81. The first-order chi connectivity index (χ1) is 13.6. The van der Waals surface area contributed by atoms with Crippen molar-refractivity contribution in [3.8, 4) is 0 Å². The Balaban J connectivity index is 1.64. The largest absolute Gasteiger partial charge is 0.281 e. The average Bonchev–Trinajstić information content (AvgIpc) is 3.27. The van der Waals surface area contributed by atoms with Crippen LogP contribution in [0.15, 0.2) is 83.3 Å². The molecule has 2 amide bonds. The first kappa shape index (κ1) is 19.5. The Bertz CT molecular complexity index is 899. The number of anilines is 2. The van der Waals surface area contributed by atoms with Crippen LogP contribution in [0, 0.1) is 0 Å². The molecule has 1 N–H and O–H groups in total. The van der Waals surface area contributed by atoms with Crippen molar-refractivity contribution < 1.29 is 9.59 Å². The lowest BCUT2D eigenvalue weighted by atomic mass is 10.2. The first-order valence-electron chi connectivity index (χ1n) is 8.95. The first-order valence-corrected chi connectivity index (χ1v) is 9.83. The van der Waals surface area contributed by atoms with Gasteiger partial charge in [0.1, 0.15) is 0 Å². The molecule has 0 aliphatic carbocycles. The van der Waals surface area contributed by atoms with E-state index in [1.165, 1.54) is 0 Å². The van der Waals surface area contributed by atoms with Gasteiger partial charge in [-0.15, -0.1) is 11.3 Å². The van der Waals surface area contributed by atoms with Crippen LogP contribution in [0.25, 0.3) is 0 Å². The Kier molecular flexibility index (Phi) is 6.70. The van der Waals surface area contributed by atoms with E-state index in [0.29, 0.717) is 0 Å². The van der Waals surface area contributed by atoms with Gasteiger partial charge in [0.2, 0.25) is 11.8 Å². The zero-order chi connectivity index (χ0) is 19.8. The van der Waals surface area contributed by atoms with Gasteiger partial charge in [-0.3, -0.25) is 14.5 Å². The molecule has 0 spiro atoms. The fraction of sp³-hybridized carbons (Fsp3) is 0.136. The number of carbonyl (C=O) groups is 2. The fourth-order valence-electron chi connectivity index (χ4n) is 2.67. The standard InChI is InChI=1S/C22H21N3O2S/c1-17(20-13-8-16-28-20)23-24-21(26)14-15-22(27)25(18-9-4-2-5-10-18)19-11-6-3-7-12-19/h2-13,16H,14-15H2,1H3,(H,24,26)/b23-17-. The molecular formula is C22H21N3O2S. The van der Waals surface area contributed by atoms with E-state index < -0.39 is 0 Å². The molecule has 0 aliphatic rings. The van der Waals surface area contributed by atoms with Crippen molar-refractivity contribution in [1.29, 1.82) is 0 Å². The summed E-state index contributed by atoms with van der Waals surface area (Å²) in [6.45, 7) is 1.84. The Labute approximate surface area is 168 Å². The minimum Gasteiger partial charge on any atom is -0.281 e. The number of nitrogens with one attached hydrogen (secondary N) is 1. The van der Waals surface area contributed by atoms with Gasteiger partial charge in [-0.25, -0.2) is 5.43 Å². The molecule has 142 valence electrons. The number of thiophene rings is 1. The molecule has 5 nitrogen and oxygen atoms in total. The minimum atomic E-state index is -0.287. The molecule has 3 rings (SSSR count). The molecule has 6 heteroatoms. The number of hydrazone groups is 1. The van der Waals surface area contributed by atoms with E-state index in [0.717, 1.165) is 22.0 Å². The Hall–Kier alpha value is -3.25. The smallest absolute Gasteiger partial charge is 0.240 e. The zero-order valence-corrected chi connectivity index (χ0v) is 16.4.